The summed E-state index contributed by atoms with van der Waals surface area (Å²) in [6.45, 7) is 3.90. The van der Waals surface area contributed by atoms with Crippen LogP contribution in [0.3, 0.4) is 0 Å². The molecule has 0 radical (unpaired) electrons. The van der Waals surface area contributed by atoms with E-state index in [1.165, 1.54) is 11.3 Å². The average molecular weight is 434 g/mol. The van der Waals surface area contributed by atoms with Crippen LogP contribution in [0.2, 0.25) is 0 Å². The van der Waals surface area contributed by atoms with E-state index in [9.17, 15) is 9.59 Å². The van der Waals surface area contributed by atoms with Gasteiger partial charge in [-0.05, 0) is 73.3 Å². The number of aromatic nitrogens is 1. The lowest BCUT2D eigenvalue weighted by atomic mass is 10.1. The van der Waals surface area contributed by atoms with Gasteiger partial charge in [-0.15, -0.1) is 22.7 Å². The predicted molar refractivity (Wildman–Crippen MR) is 126 cm³/mol. The van der Waals surface area contributed by atoms with Crippen LogP contribution in [-0.2, 0) is 0 Å². The molecule has 1 amide bonds. The number of hydrogen-bond acceptors (Lipinski definition) is 6. The molecule has 0 aliphatic heterocycles. The third kappa shape index (κ3) is 4.03. The molecule has 3 heterocycles. The SMILES string of the molecule is Cc1cc2c(N)c(C(=O)Nc3ccc(C(=O)C=Cc4cccs4)cc3)sc2nc1C. The molecule has 30 heavy (non-hydrogen) atoms. The van der Waals surface area contributed by atoms with E-state index in [4.69, 9.17) is 5.73 Å². The van der Waals surface area contributed by atoms with Gasteiger partial charge in [0.15, 0.2) is 5.78 Å². The molecular formula is C23H19N3O2S2. The van der Waals surface area contributed by atoms with Gasteiger partial charge < -0.3 is 11.1 Å². The number of carbonyl (C=O) groups excluding carboxylic acids is 2. The highest BCUT2D eigenvalue weighted by atomic mass is 32.1. The Morgan fingerprint density at radius 1 is 1.13 bits per heavy atom. The number of aryl methyl sites for hydroxylation is 2. The van der Waals surface area contributed by atoms with Crippen molar-refractivity contribution in [2.45, 2.75) is 13.8 Å². The highest BCUT2D eigenvalue weighted by molar-refractivity contribution is 7.21. The quantitative estimate of drug-likeness (QED) is 0.312. The van der Waals surface area contributed by atoms with Crippen LogP contribution < -0.4 is 11.1 Å². The summed E-state index contributed by atoms with van der Waals surface area (Å²) in [6, 6.07) is 12.7. The van der Waals surface area contributed by atoms with E-state index < -0.39 is 0 Å². The molecule has 0 unspecified atom stereocenters. The minimum absolute atomic E-state index is 0.0909. The molecule has 150 valence electrons. The lowest BCUT2D eigenvalue weighted by Gasteiger charge is -2.05. The summed E-state index contributed by atoms with van der Waals surface area (Å²) < 4.78 is 0. The van der Waals surface area contributed by atoms with E-state index in [0.29, 0.717) is 21.8 Å². The van der Waals surface area contributed by atoms with E-state index in [1.54, 1.807) is 47.8 Å². The number of pyridine rings is 1. The maximum Gasteiger partial charge on any atom is 0.267 e. The fourth-order valence-electron chi connectivity index (χ4n) is 2.94. The standard InChI is InChI=1S/C23H19N3O2S2/c1-13-12-18-20(24)21(30-23(18)25-14(13)2)22(28)26-16-7-5-15(6-8-16)19(27)10-9-17-4-3-11-29-17/h3-12H,24H2,1-2H3,(H,26,28). The van der Waals surface area contributed by atoms with Crippen molar-refractivity contribution in [1.82, 2.24) is 4.98 Å². The highest BCUT2D eigenvalue weighted by Crippen LogP contribution is 2.34. The monoisotopic (exact) mass is 433 g/mol. The number of hydrogen-bond donors (Lipinski definition) is 2. The van der Waals surface area contributed by atoms with E-state index in [2.05, 4.69) is 10.3 Å². The smallest absolute Gasteiger partial charge is 0.267 e. The number of ketones is 1. The molecule has 3 aromatic heterocycles. The Balaban J connectivity index is 1.49. The Hall–Kier alpha value is -3.29. The number of fused-ring (bicyclic) bond motifs is 1. The van der Waals surface area contributed by atoms with Crippen molar-refractivity contribution in [3.63, 3.8) is 0 Å². The van der Waals surface area contributed by atoms with E-state index >= 15 is 0 Å². The van der Waals surface area contributed by atoms with Crippen molar-refractivity contribution in [2.24, 2.45) is 0 Å². The van der Waals surface area contributed by atoms with Crippen molar-refractivity contribution in [3.8, 4) is 0 Å². The zero-order chi connectivity index (χ0) is 21.3. The highest BCUT2D eigenvalue weighted by Gasteiger charge is 2.18. The van der Waals surface area contributed by atoms with Crippen LogP contribution in [0.1, 0.15) is 36.2 Å². The van der Waals surface area contributed by atoms with Crippen LogP contribution in [0.15, 0.2) is 53.9 Å². The van der Waals surface area contributed by atoms with Crippen LogP contribution in [0.4, 0.5) is 11.4 Å². The molecule has 0 aliphatic rings. The predicted octanol–water partition coefficient (Wildman–Crippen LogP) is 5.71. The molecule has 5 nitrogen and oxygen atoms in total. The van der Waals surface area contributed by atoms with Gasteiger partial charge in [-0.2, -0.15) is 0 Å². The van der Waals surface area contributed by atoms with Crippen molar-refractivity contribution in [3.05, 3.63) is 80.5 Å². The Morgan fingerprint density at radius 3 is 2.60 bits per heavy atom. The molecule has 0 saturated heterocycles. The van der Waals surface area contributed by atoms with Crippen LogP contribution in [0.5, 0.6) is 0 Å². The fraction of sp³-hybridized carbons (Fsp3) is 0.0870. The first kappa shape index (κ1) is 20.0. The molecule has 0 atom stereocenters. The Bertz CT molecular complexity index is 1270. The first-order valence-corrected chi connectivity index (χ1v) is 11.0. The number of thiophene rings is 2. The number of nitrogen functional groups attached to an aromatic ring is 1. The summed E-state index contributed by atoms with van der Waals surface area (Å²) in [5.41, 5.74) is 9.75. The van der Waals surface area contributed by atoms with Gasteiger partial charge in [-0.3, -0.25) is 9.59 Å². The minimum Gasteiger partial charge on any atom is -0.397 e. The Labute approximate surface area is 181 Å². The zero-order valence-electron chi connectivity index (χ0n) is 16.4. The first-order chi connectivity index (χ1) is 14.4. The van der Waals surface area contributed by atoms with Crippen molar-refractivity contribution in [1.29, 1.82) is 0 Å². The van der Waals surface area contributed by atoms with Crippen LogP contribution >= 0.6 is 22.7 Å². The second kappa shape index (κ2) is 8.22. The summed E-state index contributed by atoms with van der Waals surface area (Å²) in [4.78, 5) is 31.8. The first-order valence-electron chi connectivity index (χ1n) is 9.26. The molecule has 1 aromatic carbocycles. The van der Waals surface area contributed by atoms with Gasteiger partial charge in [0.05, 0.1) is 5.69 Å². The molecule has 4 aromatic rings. The molecule has 3 N–H and O–H groups in total. The number of benzene rings is 1. The Morgan fingerprint density at radius 2 is 1.90 bits per heavy atom. The minimum atomic E-state index is -0.289. The second-order valence-electron chi connectivity index (χ2n) is 6.83. The normalized spacial score (nSPS) is 11.3. The topological polar surface area (TPSA) is 85.1 Å². The summed E-state index contributed by atoms with van der Waals surface area (Å²) in [6.07, 6.45) is 3.35. The third-order valence-corrected chi connectivity index (χ3v) is 6.69. The number of carbonyl (C=O) groups is 2. The molecule has 4 rings (SSSR count). The van der Waals surface area contributed by atoms with E-state index in [-0.39, 0.29) is 11.7 Å². The van der Waals surface area contributed by atoms with E-state index in [0.717, 1.165) is 26.4 Å². The molecular weight excluding hydrogens is 414 g/mol. The lowest BCUT2D eigenvalue weighted by molar-refractivity contribution is 0.102. The lowest BCUT2D eigenvalue weighted by Crippen LogP contribution is -2.12. The zero-order valence-corrected chi connectivity index (χ0v) is 18.1. The summed E-state index contributed by atoms with van der Waals surface area (Å²) in [7, 11) is 0. The third-order valence-electron chi connectivity index (χ3n) is 4.74. The fourth-order valence-corrected chi connectivity index (χ4v) is 4.58. The van der Waals surface area contributed by atoms with Gasteiger partial charge in [-0.25, -0.2) is 4.98 Å². The molecule has 0 spiro atoms. The van der Waals surface area contributed by atoms with Gasteiger partial charge in [0.2, 0.25) is 0 Å². The van der Waals surface area contributed by atoms with Crippen molar-refractivity contribution < 1.29 is 9.59 Å². The number of allylic oxidation sites excluding steroid dienone is 1. The van der Waals surface area contributed by atoms with Crippen LogP contribution in [0.25, 0.3) is 16.3 Å². The number of nitrogens with two attached hydrogens (primary N) is 1. The molecule has 0 bridgehead atoms. The van der Waals surface area contributed by atoms with Crippen LogP contribution in [0, 0.1) is 13.8 Å². The molecule has 0 fully saturated rings. The average Bonchev–Trinajstić information content (AvgIpc) is 3.36. The summed E-state index contributed by atoms with van der Waals surface area (Å²) in [5.74, 6) is -0.380. The van der Waals surface area contributed by atoms with Crippen molar-refractivity contribution in [2.75, 3.05) is 11.1 Å². The molecule has 0 aliphatic carbocycles. The molecule has 0 saturated carbocycles. The van der Waals surface area contributed by atoms with Gasteiger partial charge in [0, 0.05) is 27.2 Å². The number of nitrogens with zero attached hydrogens (tertiary/aromatic N) is 1. The number of rotatable bonds is 5. The van der Waals surface area contributed by atoms with E-state index in [1.807, 2.05) is 37.4 Å². The Kier molecular flexibility index (Phi) is 5.48. The number of anilines is 2. The van der Waals surface area contributed by atoms with Gasteiger partial charge in [0.25, 0.3) is 5.91 Å². The number of nitrogens with one attached hydrogen (secondary N) is 1. The summed E-state index contributed by atoms with van der Waals surface area (Å²) >= 11 is 2.85. The van der Waals surface area contributed by atoms with Gasteiger partial charge >= 0.3 is 0 Å². The number of amides is 1. The maximum atomic E-state index is 12.7. The van der Waals surface area contributed by atoms with Crippen LogP contribution in [-0.4, -0.2) is 16.7 Å². The second-order valence-corrected chi connectivity index (χ2v) is 8.81. The van der Waals surface area contributed by atoms with Crippen molar-refractivity contribution >= 4 is 62.0 Å². The maximum absolute atomic E-state index is 12.7. The van der Waals surface area contributed by atoms with Gasteiger partial charge in [0.1, 0.15) is 9.71 Å². The van der Waals surface area contributed by atoms with Gasteiger partial charge in [-0.1, -0.05) is 6.07 Å². The summed E-state index contributed by atoms with van der Waals surface area (Å²) in [5, 5.41) is 5.61. The largest absolute Gasteiger partial charge is 0.397 e. The molecule has 7 heteroatoms.